The van der Waals surface area contributed by atoms with Crippen molar-refractivity contribution in [3.05, 3.63) is 30.1 Å². The van der Waals surface area contributed by atoms with E-state index in [0.717, 1.165) is 19.3 Å². The van der Waals surface area contributed by atoms with E-state index < -0.39 is 5.82 Å². The fourth-order valence-electron chi connectivity index (χ4n) is 3.10. The number of carbonyl (C=O) groups is 2. The molecular formula is C18H26FN3O2. The zero-order chi connectivity index (χ0) is 17.5. The average Bonchev–Trinajstić information content (AvgIpc) is 2.49. The quantitative estimate of drug-likeness (QED) is 0.839. The van der Waals surface area contributed by atoms with Gasteiger partial charge in [0.2, 0.25) is 11.8 Å². The fraction of sp³-hybridized carbons (Fsp3) is 0.556. The highest BCUT2D eigenvalue weighted by Crippen LogP contribution is 2.23. The van der Waals surface area contributed by atoms with Crippen molar-refractivity contribution in [3.8, 4) is 0 Å². The summed E-state index contributed by atoms with van der Waals surface area (Å²) >= 11 is 0. The van der Waals surface area contributed by atoms with Crippen molar-refractivity contribution in [2.45, 2.75) is 38.6 Å². The molecule has 5 nitrogen and oxygen atoms in total. The van der Waals surface area contributed by atoms with Crippen LogP contribution < -0.4 is 10.6 Å². The molecule has 0 spiro atoms. The van der Waals surface area contributed by atoms with E-state index in [9.17, 15) is 14.0 Å². The Morgan fingerprint density at radius 2 is 1.92 bits per heavy atom. The SMILES string of the molecule is CC1CCCCC1NC(=O)CN(C)CC(=O)Nc1cccc(F)c1. The Labute approximate surface area is 142 Å². The maximum atomic E-state index is 13.1. The minimum atomic E-state index is -0.401. The van der Waals surface area contributed by atoms with Crippen LogP contribution in [0.5, 0.6) is 0 Å². The molecule has 6 heteroatoms. The van der Waals surface area contributed by atoms with Crippen LogP contribution in [0.15, 0.2) is 24.3 Å². The second kappa shape index (κ2) is 8.78. The maximum absolute atomic E-state index is 13.1. The molecule has 0 heterocycles. The monoisotopic (exact) mass is 335 g/mol. The number of benzene rings is 1. The number of carbonyl (C=O) groups excluding carboxylic acids is 2. The summed E-state index contributed by atoms with van der Waals surface area (Å²) in [6.45, 7) is 2.41. The van der Waals surface area contributed by atoms with Crippen molar-refractivity contribution in [2.24, 2.45) is 5.92 Å². The summed E-state index contributed by atoms with van der Waals surface area (Å²) < 4.78 is 13.1. The van der Waals surface area contributed by atoms with Gasteiger partial charge in [0.05, 0.1) is 13.1 Å². The third kappa shape index (κ3) is 5.92. The second-order valence-electron chi connectivity index (χ2n) is 6.67. The highest BCUT2D eigenvalue weighted by molar-refractivity contribution is 5.92. The molecule has 2 unspecified atom stereocenters. The van der Waals surface area contributed by atoms with Crippen LogP contribution in [0.4, 0.5) is 10.1 Å². The van der Waals surface area contributed by atoms with E-state index >= 15 is 0 Å². The lowest BCUT2D eigenvalue weighted by Gasteiger charge is -2.30. The summed E-state index contributed by atoms with van der Waals surface area (Å²) in [5.74, 6) is -0.233. The normalized spacial score (nSPS) is 20.7. The van der Waals surface area contributed by atoms with E-state index in [1.165, 1.54) is 24.6 Å². The summed E-state index contributed by atoms with van der Waals surface area (Å²) in [4.78, 5) is 25.7. The Hall–Kier alpha value is -1.95. The van der Waals surface area contributed by atoms with Gasteiger partial charge in [-0.25, -0.2) is 4.39 Å². The topological polar surface area (TPSA) is 61.4 Å². The molecule has 132 valence electrons. The third-order valence-electron chi connectivity index (χ3n) is 4.39. The van der Waals surface area contributed by atoms with Gasteiger partial charge in [0.1, 0.15) is 5.82 Å². The Morgan fingerprint density at radius 3 is 2.62 bits per heavy atom. The van der Waals surface area contributed by atoms with E-state index in [-0.39, 0.29) is 30.9 Å². The lowest BCUT2D eigenvalue weighted by Crippen LogP contribution is -2.46. The van der Waals surface area contributed by atoms with Crippen LogP contribution in [0.25, 0.3) is 0 Å². The molecule has 2 rings (SSSR count). The number of hydrogen-bond acceptors (Lipinski definition) is 3. The Kier molecular flexibility index (Phi) is 6.73. The van der Waals surface area contributed by atoms with Crippen molar-refractivity contribution in [3.63, 3.8) is 0 Å². The number of nitrogens with one attached hydrogen (secondary N) is 2. The summed E-state index contributed by atoms with van der Waals surface area (Å²) in [5, 5.41) is 5.69. The third-order valence-corrected chi connectivity index (χ3v) is 4.39. The van der Waals surface area contributed by atoms with Gasteiger partial charge in [0.25, 0.3) is 0 Å². The molecule has 1 aromatic carbocycles. The van der Waals surface area contributed by atoms with Crippen molar-refractivity contribution >= 4 is 17.5 Å². The van der Waals surface area contributed by atoms with Gasteiger partial charge in [0.15, 0.2) is 0 Å². The fourth-order valence-corrected chi connectivity index (χ4v) is 3.10. The van der Waals surface area contributed by atoms with E-state index in [1.807, 2.05) is 0 Å². The average molecular weight is 335 g/mol. The van der Waals surface area contributed by atoms with Gasteiger partial charge in [-0.15, -0.1) is 0 Å². The molecule has 24 heavy (non-hydrogen) atoms. The minimum absolute atomic E-state index is 0.0604. The van der Waals surface area contributed by atoms with Gasteiger partial charge in [-0.2, -0.15) is 0 Å². The molecule has 0 bridgehead atoms. The summed E-state index contributed by atoms with van der Waals surface area (Å²) in [6.07, 6.45) is 4.56. The molecule has 0 aliphatic heterocycles. The molecule has 2 amide bonds. The maximum Gasteiger partial charge on any atom is 0.238 e. The molecule has 1 aliphatic rings. The number of amides is 2. The Morgan fingerprint density at radius 1 is 1.21 bits per heavy atom. The van der Waals surface area contributed by atoms with Crippen LogP contribution in [0.2, 0.25) is 0 Å². The van der Waals surface area contributed by atoms with Crippen LogP contribution >= 0.6 is 0 Å². The highest BCUT2D eigenvalue weighted by Gasteiger charge is 2.23. The van der Waals surface area contributed by atoms with Gasteiger partial charge in [0, 0.05) is 11.7 Å². The van der Waals surface area contributed by atoms with Gasteiger partial charge in [-0.1, -0.05) is 25.8 Å². The van der Waals surface area contributed by atoms with Crippen LogP contribution in [0.3, 0.4) is 0 Å². The molecule has 2 N–H and O–H groups in total. The number of anilines is 1. The van der Waals surface area contributed by atoms with Crippen LogP contribution in [0.1, 0.15) is 32.6 Å². The lowest BCUT2D eigenvalue weighted by molar-refractivity contribution is -0.124. The highest BCUT2D eigenvalue weighted by atomic mass is 19.1. The molecule has 2 atom stereocenters. The summed E-state index contributed by atoms with van der Waals surface area (Å²) in [7, 11) is 1.72. The minimum Gasteiger partial charge on any atom is -0.352 e. The van der Waals surface area contributed by atoms with Crippen molar-refractivity contribution < 1.29 is 14.0 Å². The molecule has 1 fully saturated rings. The number of nitrogens with zero attached hydrogens (tertiary/aromatic N) is 1. The molecule has 0 saturated heterocycles. The molecule has 1 saturated carbocycles. The second-order valence-corrected chi connectivity index (χ2v) is 6.67. The standard InChI is InChI=1S/C18H26FN3O2/c1-13-6-3-4-9-16(13)21-18(24)12-22(2)11-17(23)20-15-8-5-7-14(19)10-15/h5,7-8,10,13,16H,3-4,6,9,11-12H2,1-2H3,(H,20,23)(H,21,24). The molecule has 1 aromatic rings. The summed E-state index contributed by atoms with van der Waals surface area (Å²) in [6, 6.07) is 5.97. The first-order valence-electron chi connectivity index (χ1n) is 8.47. The van der Waals surface area contributed by atoms with E-state index in [2.05, 4.69) is 17.6 Å². The zero-order valence-corrected chi connectivity index (χ0v) is 14.3. The predicted molar refractivity (Wildman–Crippen MR) is 92.1 cm³/mol. The van der Waals surface area contributed by atoms with Crippen LogP contribution in [-0.2, 0) is 9.59 Å². The largest absolute Gasteiger partial charge is 0.352 e. The van der Waals surface area contributed by atoms with E-state index in [0.29, 0.717) is 11.6 Å². The first-order chi connectivity index (χ1) is 11.4. The number of rotatable bonds is 6. The molecule has 0 aromatic heterocycles. The van der Waals surface area contributed by atoms with Crippen molar-refractivity contribution in [1.82, 2.24) is 10.2 Å². The Bertz CT molecular complexity index is 579. The predicted octanol–water partition coefficient (Wildman–Crippen LogP) is 2.39. The first kappa shape index (κ1) is 18.4. The van der Waals surface area contributed by atoms with Crippen LogP contribution in [0, 0.1) is 11.7 Å². The van der Waals surface area contributed by atoms with Gasteiger partial charge in [-0.3, -0.25) is 14.5 Å². The number of likely N-dealkylation sites (N-methyl/N-ethyl adjacent to an activating group) is 1. The smallest absolute Gasteiger partial charge is 0.238 e. The molecule has 0 radical (unpaired) electrons. The van der Waals surface area contributed by atoms with Gasteiger partial charge in [-0.05, 0) is 44.0 Å². The zero-order valence-electron chi connectivity index (χ0n) is 14.3. The summed E-state index contributed by atoms with van der Waals surface area (Å²) in [5.41, 5.74) is 0.411. The van der Waals surface area contributed by atoms with E-state index in [1.54, 1.807) is 18.0 Å². The Balaban J connectivity index is 1.74. The lowest BCUT2D eigenvalue weighted by atomic mass is 9.86. The number of hydrogen-bond donors (Lipinski definition) is 2. The first-order valence-corrected chi connectivity index (χ1v) is 8.47. The number of halogens is 1. The van der Waals surface area contributed by atoms with Crippen molar-refractivity contribution in [2.75, 3.05) is 25.5 Å². The van der Waals surface area contributed by atoms with Gasteiger partial charge < -0.3 is 10.6 Å². The molecule has 1 aliphatic carbocycles. The van der Waals surface area contributed by atoms with Crippen molar-refractivity contribution in [1.29, 1.82) is 0 Å². The van der Waals surface area contributed by atoms with Gasteiger partial charge >= 0.3 is 0 Å². The van der Waals surface area contributed by atoms with Crippen LogP contribution in [-0.4, -0.2) is 42.9 Å². The molecular weight excluding hydrogens is 309 g/mol. The van der Waals surface area contributed by atoms with E-state index in [4.69, 9.17) is 0 Å².